The highest BCUT2D eigenvalue weighted by Gasteiger charge is 2.12. The number of halogens is 1. The van der Waals surface area contributed by atoms with E-state index in [2.05, 4.69) is 0 Å². The SMILES string of the molecule is COc1cccc(-n2cc(C)c(Cl)c(C#N)c2=O)c1. The normalized spacial score (nSPS) is 10.0. The van der Waals surface area contributed by atoms with Crippen molar-refractivity contribution in [3.63, 3.8) is 0 Å². The summed E-state index contributed by atoms with van der Waals surface area (Å²) in [6, 6.07) is 8.88. The van der Waals surface area contributed by atoms with Crippen molar-refractivity contribution >= 4 is 11.6 Å². The third-order valence-electron chi connectivity index (χ3n) is 2.76. The topological polar surface area (TPSA) is 55.0 Å². The van der Waals surface area contributed by atoms with Crippen LogP contribution in [0.25, 0.3) is 5.69 Å². The molecule has 96 valence electrons. The Morgan fingerprint density at radius 1 is 1.42 bits per heavy atom. The van der Waals surface area contributed by atoms with Gasteiger partial charge in [0.25, 0.3) is 5.56 Å². The molecule has 5 heteroatoms. The molecule has 0 saturated heterocycles. The minimum Gasteiger partial charge on any atom is -0.497 e. The summed E-state index contributed by atoms with van der Waals surface area (Å²) < 4.78 is 6.51. The predicted molar refractivity (Wildman–Crippen MR) is 73.1 cm³/mol. The van der Waals surface area contributed by atoms with Crippen LogP contribution >= 0.6 is 11.6 Å². The fourth-order valence-corrected chi connectivity index (χ4v) is 1.94. The van der Waals surface area contributed by atoms with Gasteiger partial charge in [0.2, 0.25) is 0 Å². The van der Waals surface area contributed by atoms with E-state index in [9.17, 15) is 4.79 Å². The van der Waals surface area contributed by atoms with Gasteiger partial charge in [-0.25, -0.2) is 0 Å². The summed E-state index contributed by atoms with van der Waals surface area (Å²) in [7, 11) is 1.55. The van der Waals surface area contributed by atoms with Gasteiger partial charge in [0, 0.05) is 12.3 Å². The molecule has 0 saturated carbocycles. The molecule has 19 heavy (non-hydrogen) atoms. The maximum atomic E-state index is 12.2. The lowest BCUT2D eigenvalue weighted by molar-refractivity contribution is 0.414. The summed E-state index contributed by atoms with van der Waals surface area (Å²) in [6.07, 6.45) is 1.61. The van der Waals surface area contributed by atoms with Gasteiger partial charge >= 0.3 is 0 Å². The predicted octanol–water partition coefficient (Wildman–Crippen LogP) is 2.68. The first kappa shape index (κ1) is 13.2. The van der Waals surface area contributed by atoms with E-state index in [1.54, 1.807) is 44.5 Å². The van der Waals surface area contributed by atoms with Crippen LogP contribution in [0.5, 0.6) is 5.75 Å². The molecule has 0 aliphatic rings. The molecule has 1 aromatic heterocycles. The van der Waals surface area contributed by atoms with Crippen LogP contribution in [-0.2, 0) is 0 Å². The van der Waals surface area contributed by atoms with Gasteiger partial charge in [0.1, 0.15) is 17.4 Å². The quantitative estimate of drug-likeness (QED) is 0.846. The Balaban J connectivity index is 2.73. The van der Waals surface area contributed by atoms with Crippen LogP contribution in [0, 0.1) is 18.3 Å². The first-order valence-electron chi connectivity index (χ1n) is 5.54. The van der Waals surface area contributed by atoms with Crippen molar-refractivity contribution in [1.29, 1.82) is 5.26 Å². The standard InChI is InChI=1S/C14H11ClN2O2/c1-9-8-17(14(18)12(7-16)13(9)15)10-4-3-5-11(6-10)19-2/h3-6,8H,1-2H3. The number of pyridine rings is 1. The van der Waals surface area contributed by atoms with E-state index in [1.807, 2.05) is 6.07 Å². The van der Waals surface area contributed by atoms with Crippen molar-refractivity contribution in [3.8, 4) is 17.5 Å². The van der Waals surface area contributed by atoms with Crippen LogP contribution in [0.2, 0.25) is 5.02 Å². The van der Waals surface area contributed by atoms with E-state index in [1.165, 1.54) is 4.57 Å². The van der Waals surface area contributed by atoms with Crippen LogP contribution in [0.4, 0.5) is 0 Å². The molecule has 2 rings (SSSR count). The van der Waals surface area contributed by atoms with E-state index in [0.29, 0.717) is 17.0 Å². The number of nitrogens with zero attached hydrogens (tertiary/aromatic N) is 2. The molecule has 0 amide bonds. The van der Waals surface area contributed by atoms with Gasteiger partial charge in [-0.2, -0.15) is 5.26 Å². The maximum absolute atomic E-state index is 12.2. The Morgan fingerprint density at radius 3 is 2.79 bits per heavy atom. The fourth-order valence-electron chi connectivity index (χ4n) is 1.77. The van der Waals surface area contributed by atoms with Crippen LogP contribution < -0.4 is 10.3 Å². The first-order valence-corrected chi connectivity index (χ1v) is 5.92. The number of hydrogen-bond donors (Lipinski definition) is 0. The molecule has 0 aliphatic heterocycles. The Morgan fingerprint density at radius 2 is 2.16 bits per heavy atom. The summed E-state index contributed by atoms with van der Waals surface area (Å²) in [5.41, 5.74) is 0.803. The zero-order chi connectivity index (χ0) is 14.0. The zero-order valence-corrected chi connectivity index (χ0v) is 11.2. The highest BCUT2D eigenvalue weighted by atomic mass is 35.5. The molecular weight excluding hydrogens is 264 g/mol. The molecule has 1 aromatic carbocycles. The van der Waals surface area contributed by atoms with Gasteiger partial charge in [-0.3, -0.25) is 9.36 Å². The zero-order valence-electron chi connectivity index (χ0n) is 10.5. The number of aryl methyl sites for hydroxylation is 1. The molecule has 0 spiro atoms. The lowest BCUT2D eigenvalue weighted by Gasteiger charge is -2.10. The summed E-state index contributed by atoms with van der Waals surface area (Å²) in [6.45, 7) is 1.75. The lowest BCUT2D eigenvalue weighted by atomic mass is 10.2. The first-order chi connectivity index (χ1) is 9.08. The molecule has 1 heterocycles. The molecular formula is C14H11ClN2O2. The number of nitriles is 1. The van der Waals surface area contributed by atoms with Gasteiger partial charge in [-0.05, 0) is 24.6 Å². The number of methoxy groups -OCH3 is 1. The summed E-state index contributed by atoms with van der Waals surface area (Å²) in [4.78, 5) is 12.2. The number of rotatable bonds is 2. The van der Waals surface area contributed by atoms with E-state index >= 15 is 0 Å². The van der Waals surface area contributed by atoms with Crippen molar-refractivity contribution < 1.29 is 4.74 Å². The fraction of sp³-hybridized carbons (Fsp3) is 0.143. The third-order valence-corrected chi connectivity index (χ3v) is 3.25. The van der Waals surface area contributed by atoms with Gasteiger partial charge in [-0.1, -0.05) is 17.7 Å². The van der Waals surface area contributed by atoms with Crippen LogP contribution in [-0.4, -0.2) is 11.7 Å². The molecule has 2 aromatic rings. The lowest BCUT2D eigenvalue weighted by Crippen LogP contribution is -2.21. The number of hydrogen-bond acceptors (Lipinski definition) is 3. The van der Waals surface area contributed by atoms with Crippen molar-refractivity contribution in [1.82, 2.24) is 4.57 Å². The molecule has 4 nitrogen and oxygen atoms in total. The molecule has 0 aliphatic carbocycles. The van der Waals surface area contributed by atoms with Crippen LogP contribution in [0.3, 0.4) is 0 Å². The second-order valence-electron chi connectivity index (χ2n) is 3.99. The van der Waals surface area contributed by atoms with Crippen molar-refractivity contribution in [3.05, 3.63) is 57.0 Å². The van der Waals surface area contributed by atoms with E-state index in [4.69, 9.17) is 21.6 Å². The molecule has 0 unspecified atom stereocenters. The molecule has 0 bridgehead atoms. The maximum Gasteiger partial charge on any atom is 0.274 e. The number of benzene rings is 1. The Bertz CT molecular complexity index is 729. The highest BCUT2D eigenvalue weighted by Crippen LogP contribution is 2.20. The van der Waals surface area contributed by atoms with Crippen molar-refractivity contribution in [2.24, 2.45) is 0 Å². The number of ether oxygens (including phenoxy) is 1. The van der Waals surface area contributed by atoms with Gasteiger partial charge in [0.05, 0.1) is 17.8 Å². The van der Waals surface area contributed by atoms with Crippen LogP contribution in [0.1, 0.15) is 11.1 Å². The minimum atomic E-state index is -0.439. The minimum absolute atomic E-state index is 0.0514. The average molecular weight is 275 g/mol. The molecule has 0 fully saturated rings. The average Bonchev–Trinajstić information content (AvgIpc) is 2.43. The number of aromatic nitrogens is 1. The second kappa shape index (κ2) is 5.17. The molecule has 0 radical (unpaired) electrons. The van der Waals surface area contributed by atoms with Crippen LogP contribution in [0.15, 0.2) is 35.3 Å². The smallest absolute Gasteiger partial charge is 0.274 e. The second-order valence-corrected chi connectivity index (χ2v) is 4.37. The Hall–Kier alpha value is -2.25. The Labute approximate surface area is 115 Å². The summed E-state index contributed by atoms with van der Waals surface area (Å²) >= 11 is 5.96. The molecule has 0 atom stereocenters. The van der Waals surface area contributed by atoms with Gasteiger partial charge in [-0.15, -0.1) is 0 Å². The van der Waals surface area contributed by atoms with Gasteiger partial charge < -0.3 is 4.74 Å². The highest BCUT2D eigenvalue weighted by molar-refractivity contribution is 6.32. The monoisotopic (exact) mass is 274 g/mol. The summed E-state index contributed by atoms with van der Waals surface area (Å²) in [5, 5.41) is 9.22. The third kappa shape index (κ3) is 2.33. The van der Waals surface area contributed by atoms with Gasteiger partial charge in [0.15, 0.2) is 0 Å². The van der Waals surface area contributed by atoms with E-state index in [-0.39, 0.29) is 10.6 Å². The largest absolute Gasteiger partial charge is 0.497 e. The van der Waals surface area contributed by atoms with E-state index < -0.39 is 5.56 Å². The van der Waals surface area contributed by atoms with Crippen molar-refractivity contribution in [2.75, 3.05) is 7.11 Å². The van der Waals surface area contributed by atoms with E-state index in [0.717, 1.165) is 0 Å². The Kier molecular flexibility index (Phi) is 3.59. The molecule has 0 N–H and O–H groups in total. The van der Waals surface area contributed by atoms with Crippen molar-refractivity contribution in [2.45, 2.75) is 6.92 Å². The summed E-state index contributed by atoms with van der Waals surface area (Å²) in [5.74, 6) is 0.635.